The number of hydrogen-bond acceptors (Lipinski definition) is 1. The van der Waals surface area contributed by atoms with Crippen LogP contribution in [0, 0.1) is 26.7 Å². The molecule has 0 aliphatic carbocycles. The minimum absolute atomic E-state index is 0.464. The van der Waals surface area contributed by atoms with E-state index in [1.165, 1.54) is 22.3 Å². The molecule has 84 valence electrons. The Morgan fingerprint density at radius 1 is 1.00 bits per heavy atom. The molecule has 0 saturated carbocycles. The van der Waals surface area contributed by atoms with Gasteiger partial charge in [0.25, 0.3) is 0 Å². The lowest BCUT2D eigenvalue weighted by atomic mass is 9.88. The molecule has 0 radical (unpaired) electrons. The Bertz CT molecular complexity index is 316. The smallest absolute Gasteiger partial charge is 0.0346 e. The van der Waals surface area contributed by atoms with Crippen LogP contribution in [0.3, 0.4) is 0 Å². The van der Waals surface area contributed by atoms with E-state index in [4.69, 9.17) is 0 Å². The van der Waals surface area contributed by atoms with E-state index >= 15 is 0 Å². The Balaban J connectivity index is 3.23. The summed E-state index contributed by atoms with van der Waals surface area (Å²) in [6.07, 6.45) is 0. The van der Waals surface area contributed by atoms with Gasteiger partial charge in [-0.25, -0.2) is 0 Å². The Morgan fingerprint density at radius 2 is 1.47 bits per heavy atom. The Hall–Kier alpha value is -0.820. The van der Waals surface area contributed by atoms with Crippen LogP contribution in [0.25, 0.3) is 0 Å². The fraction of sp³-hybridized carbons (Fsp3) is 0.571. The number of nitrogens with one attached hydrogen (secondary N) is 1. The number of rotatable bonds is 3. The van der Waals surface area contributed by atoms with E-state index in [1.54, 1.807) is 0 Å². The van der Waals surface area contributed by atoms with E-state index in [-0.39, 0.29) is 0 Å². The van der Waals surface area contributed by atoms with Gasteiger partial charge in [0.2, 0.25) is 0 Å². The van der Waals surface area contributed by atoms with Crippen molar-refractivity contribution >= 4 is 0 Å². The van der Waals surface area contributed by atoms with Gasteiger partial charge in [0.05, 0.1) is 0 Å². The van der Waals surface area contributed by atoms with Crippen molar-refractivity contribution < 1.29 is 0 Å². The lowest BCUT2D eigenvalue weighted by molar-refractivity contribution is 0.439. The highest BCUT2D eigenvalue weighted by Gasteiger charge is 2.17. The van der Waals surface area contributed by atoms with E-state index in [2.05, 4.69) is 52.1 Å². The van der Waals surface area contributed by atoms with E-state index in [9.17, 15) is 0 Å². The van der Waals surface area contributed by atoms with Gasteiger partial charge in [-0.15, -0.1) is 0 Å². The molecule has 0 amide bonds. The van der Waals surface area contributed by atoms with Gasteiger partial charge in [0.15, 0.2) is 0 Å². The maximum atomic E-state index is 3.42. The molecule has 0 aliphatic rings. The molecule has 0 spiro atoms. The maximum absolute atomic E-state index is 3.42. The van der Waals surface area contributed by atoms with E-state index < -0.39 is 0 Å². The summed E-state index contributed by atoms with van der Waals surface area (Å²) in [5.41, 5.74) is 5.63. The average Bonchev–Trinajstić information content (AvgIpc) is 2.09. The molecule has 15 heavy (non-hydrogen) atoms. The second-order valence-corrected chi connectivity index (χ2v) is 4.82. The van der Waals surface area contributed by atoms with Crippen molar-refractivity contribution in [3.63, 3.8) is 0 Å². The van der Waals surface area contributed by atoms with E-state index in [0.717, 1.165) is 0 Å². The molecule has 1 nitrogen and oxygen atoms in total. The summed E-state index contributed by atoms with van der Waals surface area (Å²) < 4.78 is 0. The van der Waals surface area contributed by atoms with Gasteiger partial charge >= 0.3 is 0 Å². The molecule has 1 heteroatoms. The zero-order valence-electron chi connectivity index (χ0n) is 10.8. The summed E-state index contributed by atoms with van der Waals surface area (Å²) in [5.74, 6) is 0.620. The first kappa shape index (κ1) is 12.3. The summed E-state index contributed by atoms with van der Waals surface area (Å²) in [7, 11) is 2.05. The minimum atomic E-state index is 0.464. The van der Waals surface area contributed by atoms with Gasteiger partial charge in [-0.1, -0.05) is 31.5 Å². The second-order valence-electron chi connectivity index (χ2n) is 4.82. The molecular formula is C14H23N. The minimum Gasteiger partial charge on any atom is -0.313 e. The topological polar surface area (TPSA) is 12.0 Å². The molecule has 1 unspecified atom stereocenters. The normalized spacial score (nSPS) is 13.3. The highest BCUT2D eigenvalue weighted by molar-refractivity contribution is 5.39. The average molecular weight is 205 g/mol. The van der Waals surface area contributed by atoms with Crippen LogP contribution in [0.5, 0.6) is 0 Å². The fourth-order valence-corrected chi connectivity index (χ4v) is 2.49. The van der Waals surface area contributed by atoms with Crippen molar-refractivity contribution in [1.29, 1.82) is 0 Å². The predicted octanol–water partition coefficient (Wildman–Crippen LogP) is 3.53. The zero-order valence-corrected chi connectivity index (χ0v) is 10.8. The summed E-state index contributed by atoms with van der Waals surface area (Å²) >= 11 is 0. The number of aryl methyl sites for hydroxylation is 3. The first-order chi connectivity index (χ1) is 6.97. The number of benzene rings is 1. The van der Waals surface area contributed by atoms with Crippen LogP contribution >= 0.6 is 0 Å². The third-order valence-corrected chi connectivity index (χ3v) is 3.03. The van der Waals surface area contributed by atoms with Crippen molar-refractivity contribution in [3.8, 4) is 0 Å². The lowest BCUT2D eigenvalue weighted by Gasteiger charge is -2.25. The van der Waals surface area contributed by atoms with Crippen LogP contribution in [0.4, 0.5) is 0 Å². The number of hydrogen-bond donors (Lipinski definition) is 1. The molecule has 1 atom stereocenters. The Kier molecular flexibility index (Phi) is 3.92. The third kappa shape index (κ3) is 2.60. The summed E-state index contributed by atoms with van der Waals surface area (Å²) in [6, 6.07) is 5.01. The third-order valence-electron chi connectivity index (χ3n) is 3.03. The zero-order chi connectivity index (χ0) is 11.6. The molecule has 0 saturated heterocycles. The van der Waals surface area contributed by atoms with Crippen molar-refractivity contribution in [3.05, 3.63) is 34.4 Å². The first-order valence-electron chi connectivity index (χ1n) is 5.72. The molecule has 0 aliphatic heterocycles. The van der Waals surface area contributed by atoms with Crippen molar-refractivity contribution in [2.45, 2.75) is 40.7 Å². The van der Waals surface area contributed by atoms with Crippen molar-refractivity contribution in [2.75, 3.05) is 7.05 Å². The summed E-state index contributed by atoms with van der Waals surface area (Å²) in [5, 5.41) is 3.42. The Labute approximate surface area is 93.9 Å². The standard InChI is InChI=1S/C14H23N/c1-9(2)14(15-6)13-11(4)7-10(3)8-12(13)5/h7-9,14-15H,1-6H3. The van der Waals surface area contributed by atoms with Gasteiger partial charge in [-0.3, -0.25) is 0 Å². The van der Waals surface area contributed by atoms with E-state index in [0.29, 0.717) is 12.0 Å². The molecule has 1 rings (SSSR count). The van der Waals surface area contributed by atoms with Gasteiger partial charge < -0.3 is 5.32 Å². The molecular weight excluding hydrogens is 182 g/mol. The van der Waals surface area contributed by atoms with Crippen molar-refractivity contribution in [1.82, 2.24) is 5.32 Å². The molecule has 0 bridgehead atoms. The van der Waals surface area contributed by atoms with Crippen LogP contribution in [-0.4, -0.2) is 7.05 Å². The predicted molar refractivity (Wildman–Crippen MR) is 67.3 cm³/mol. The van der Waals surface area contributed by atoms with Crippen LogP contribution in [0.2, 0.25) is 0 Å². The summed E-state index contributed by atoms with van der Waals surface area (Å²) in [4.78, 5) is 0. The molecule has 0 aromatic heterocycles. The van der Waals surface area contributed by atoms with E-state index in [1.807, 2.05) is 7.05 Å². The first-order valence-corrected chi connectivity index (χ1v) is 5.72. The quantitative estimate of drug-likeness (QED) is 0.796. The monoisotopic (exact) mass is 205 g/mol. The SMILES string of the molecule is CNC(c1c(C)cc(C)cc1C)C(C)C. The second kappa shape index (κ2) is 4.80. The Morgan fingerprint density at radius 3 is 1.80 bits per heavy atom. The molecule has 0 heterocycles. The lowest BCUT2D eigenvalue weighted by Crippen LogP contribution is -2.23. The van der Waals surface area contributed by atoms with Gasteiger partial charge in [-0.05, 0) is 50.4 Å². The molecule has 0 fully saturated rings. The van der Waals surface area contributed by atoms with Crippen LogP contribution < -0.4 is 5.32 Å². The van der Waals surface area contributed by atoms with Gasteiger partial charge in [0, 0.05) is 6.04 Å². The van der Waals surface area contributed by atoms with Gasteiger partial charge in [0.1, 0.15) is 0 Å². The molecule has 1 N–H and O–H groups in total. The highest BCUT2D eigenvalue weighted by atomic mass is 14.9. The fourth-order valence-electron chi connectivity index (χ4n) is 2.49. The van der Waals surface area contributed by atoms with Gasteiger partial charge in [-0.2, -0.15) is 0 Å². The summed E-state index contributed by atoms with van der Waals surface area (Å²) in [6.45, 7) is 11.1. The van der Waals surface area contributed by atoms with Crippen LogP contribution in [0.15, 0.2) is 12.1 Å². The maximum Gasteiger partial charge on any atom is 0.0346 e. The molecule has 1 aromatic rings. The van der Waals surface area contributed by atoms with Crippen LogP contribution in [0.1, 0.15) is 42.1 Å². The molecule has 1 aromatic carbocycles. The largest absolute Gasteiger partial charge is 0.313 e. The van der Waals surface area contributed by atoms with Crippen LogP contribution in [-0.2, 0) is 0 Å². The highest BCUT2D eigenvalue weighted by Crippen LogP contribution is 2.28. The van der Waals surface area contributed by atoms with Crippen molar-refractivity contribution in [2.24, 2.45) is 5.92 Å².